The molecule has 0 aliphatic carbocycles. The maximum atomic E-state index is 14.6. The molecule has 7 amide bonds. The van der Waals surface area contributed by atoms with Gasteiger partial charge < -0.3 is 64.5 Å². The van der Waals surface area contributed by atoms with Gasteiger partial charge in [-0.05, 0) is 93.3 Å². The average Bonchev–Trinajstić information content (AvgIpc) is 3.88. The number of aliphatic carboxylic acids is 1. The molecule has 0 fully saturated rings. The number of unbranched alkanes of at least 4 members (excludes halogenated alkanes) is 2. The summed E-state index contributed by atoms with van der Waals surface area (Å²) in [4.78, 5) is 118. The third-order valence-corrected chi connectivity index (χ3v) is 12.3. The summed E-state index contributed by atoms with van der Waals surface area (Å²) in [6.45, 7) is 11.9. The number of carboxylic acid groups (broad SMARTS) is 1. The zero-order chi connectivity index (χ0) is 55.5. The molecule has 0 spiro atoms. The molecule has 414 valence electrons. The highest BCUT2D eigenvalue weighted by atomic mass is 16.4. The van der Waals surface area contributed by atoms with Crippen molar-refractivity contribution < 1.29 is 43.5 Å². The van der Waals surface area contributed by atoms with E-state index in [1.54, 1.807) is 60.7 Å². The average molecular weight is 1050 g/mol. The van der Waals surface area contributed by atoms with Gasteiger partial charge in [-0.15, -0.1) is 0 Å². The summed E-state index contributed by atoms with van der Waals surface area (Å²) >= 11 is 0. The summed E-state index contributed by atoms with van der Waals surface area (Å²) in [7, 11) is 0. The number of hydrogen-bond acceptors (Lipinski definition) is 12. The Labute approximate surface area is 441 Å². The first-order chi connectivity index (χ1) is 35.7. The topological polar surface area (TPSA) is 348 Å². The van der Waals surface area contributed by atoms with Crippen molar-refractivity contribution in [3.63, 3.8) is 0 Å². The van der Waals surface area contributed by atoms with Gasteiger partial charge in [0, 0.05) is 31.2 Å². The zero-order valence-corrected chi connectivity index (χ0v) is 44.6. The Morgan fingerprint density at radius 2 is 0.840 bits per heavy atom. The molecule has 15 N–H and O–H groups in total. The lowest BCUT2D eigenvalue weighted by Gasteiger charge is -2.29. The fourth-order valence-electron chi connectivity index (χ4n) is 8.36. The summed E-state index contributed by atoms with van der Waals surface area (Å²) in [6, 6.07) is 8.44. The molecule has 0 bridgehead atoms. The van der Waals surface area contributed by atoms with Crippen LogP contribution in [0.25, 0.3) is 0 Å². The zero-order valence-electron chi connectivity index (χ0n) is 44.6. The van der Waals surface area contributed by atoms with E-state index in [9.17, 15) is 43.5 Å². The van der Waals surface area contributed by atoms with Gasteiger partial charge in [0.25, 0.3) is 0 Å². The number of carbonyl (C=O) groups is 8. The molecule has 75 heavy (non-hydrogen) atoms. The van der Waals surface area contributed by atoms with Crippen LogP contribution >= 0.6 is 0 Å². The number of imidazole rings is 1. The van der Waals surface area contributed by atoms with Crippen LogP contribution in [0.3, 0.4) is 0 Å². The first-order valence-corrected chi connectivity index (χ1v) is 26.3. The molecule has 0 saturated heterocycles. The van der Waals surface area contributed by atoms with E-state index in [2.05, 4.69) is 47.2 Å². The summed E-state index contributed by atoms with van der Waals surface area (Å²) in [6.07, 6.45) is 6.10. The van der Waals surface area contributed by atoms with Crippen molar-refractivity contribution in [2.24, 2.45) is 35.0 Å². The van der Waals surface area contributed by atoms with Gasteiger partial charge in [0.15, 0.2) is 0 Å². The fraction of sp³-hybridized carbons (Fsp3) is 0.574. The lowest BCUT2D eigenvalue weighted by atomic mass is 9.98. The third-order valence-electron chi connectivity index (χ3n) is 12.3. The molecule has 0 aliphatic rings. The standard InChI is InChI=1S/C54H84N12O9/c1-33(2)25-41(62-48(68)40(22-14-16-24-56)60-53(73)45(30-38-31-58-32-59-38)61-47(67)39(57)21-13-15-23-55)49(69)64-43(28-36-17-9-7-10-18-36)51(71)63-42(26-34(3)4)50(70)65-44(29-37-19-11-8-12-20-37)52(72)66-46(54(74)75)27-35(5)6/h7-12,17-20,31-35,39-46H,13-16,21-30,55-57H2,1-6H3,(H,58,59)(H,60,73)(H,61,67)(H,62,68)(H,63,71)(H,64,69)(H,65,70)(H,66,72)(H,74,75)/t39-,40-,41-,42-,43-,44-,45-,46-/m0/s1. The SMILES string of the molecule is CC(C)C[C@H](NC(=O)[C@H](Cc1ccccc1)NC(=O)[C@H](CC(C)C)NC(=O)[C@H](Cc1ccccc1)NC(=O)[C@H](CC(C)C)NC(=O)[C@H](CCCCN)NC(=O)[C@H](Cc1cnc[nH]1)NC(=O)[C@@H](N)CCCCN)C(=O)O. The van der Waals surface area contributed by atoms with E-state index >= 15 is 0 Å². The molecular formula is C54H84N12O9. The van der Waals surface area contributed by atoms with Crippen LogP contribution in [0.5, 0.6) is 0 Å². The Kier molecular flexibility index (Phi) is 27.8. The highest BCUT2D eigenvalue weighted by molar-refractivity contribution is 5.97. The Morgan fingerprint density at radius 3 is 1.25 bits per heavy atom. The predicted molar refractivity (Wildman–Crippen MR) is 286 cm³/mol. The lowest BCUT2D eigenvalue weighted by molar-refractivity contribution is -0.142. The van der Waals surface area contributed by atoms with Crippen molar-refractivity contribution >= 4 is 47.3 Å². The molecule has 0 saturated carbocycles. The number of nitrogens with two attached hydrogens (primary N) is 3. The van der Waals surface area contributed by atoms with Crippen molar-refractivity contribution in [3.8, 4) is 0 Å². The maximum Gasteiger partial charge on any atom is 0.326 e. The molecule has 0 radical (unpaired) electrons. The van der Waals surface area contributed by atoms with Crippen molar-refractivity contribution in [2.45, 2.75) is 167 Å². The second kappa shape index (κ2) is 33.3. The number of nitrogens with zero attached hydrogens (tertiary/aromatic N) is 1. The number of aromatic nitrogens is 2. The highest BCUT2D eigenvalue weighted by Crippen LogP contribution is 2.14. The minimum Gasteiger partial charge on any atom is -0.480 e. The van der Waals surface area contributed by atoms with Crippen LogP contribution in [0.1, 0.15) is 116 Å². The smallest absolute Gasteiger partial charge is 0.326 e. The van der Waals surface area contributed by atoms with E-state index in [1.165, 1.54) is 12.5 Å². The molecule has 1 aromatic heterocycles. The highest BCUT2D eigenvalue weighted by Gasteiger charge is 2.35. The van der Waals surface area contributed by atoms with E-state index in [-0.39, 0.29) is 62.7 Å². The summed E-state index contributed by atoms with van der Waals surface area (Å²) < 4.78 is 0. The first kappa shape index (κ1) is 62.6. The van der Waals surface area contributed by atoms with Crippen LogP contribution in [0, 0.1) is 17.8 Å². The van der Waals surface area contributed by atoms with E-state index in [4.69, 9.17) is 17.2 Å². The molecule has 3 rings (SSSR count). The Hall–Kier alpha value is -6.71. The largest absolute Gasteiger partial charge is 0.480 e. The van der Waals surface area contributed by atoms with Crippen LogP contribution in [0.4, 0.5) is 0 Å². The molecular weight excluding hydrogens is 961 g/mol. The van der Waals surface area contributed by atoms with Crippen LogP contribution in [0.15, 0.2) is 73.2 Å². The number of aromatic amines is 1. The van der Waals surface area contributed by atoms with Gasteiger partial charge in [0.05, 0.1) is 12.4 Å². The Bertz CT molecular complexity index is 2230. The number of benzene rings is 2. The van der Waals surface area contributed by atoms with Crippen LogP contribution in [0.2, 0.25) is 0 Å². The molecule has 1 heterocycles. The second-order valence-electron chi connectivity index (χ2n) is 20.5. The minimum absolute atomic E-state index is 0.00240. The van der Waals surface area contributed by atoms with Crippen molar-refractivity contribution in [2.75, 3.05) is 13.1 Å². The number of carboxylic acids is 1. The molecule has 21 nitrogen and oxygen atoms in total. The number of hydrogen-bond donors (Lipinski definition) is 12. The summed E-state index contributed by atoms with van der Waals surface area (Å²) in [5.41, 5.74) is 19.5. The van der Waals surface area contributed by atoms with Gasteiger partial charge in [0.2, 0.25) is 41.4 Å². The van der Waals surface area contributed by atoms with E-state index < -0.39 is 95.7 Å². The normalized spacial score (nSPS) is 14.6. The summed E-state index contributed by atoms with van der Waals surface area (Å²) in [5, 5.41) is 29.3. The van der Waals surface area contributed by atoms with Crippen molar-refractivity contribution in [3.05, 3.63) is 90.0 Å². The van der Waals surface area contributed by atoms with Gasteiger partial charge in [-0.2, -0.15) is 0 Å². The Morgan fingerprint density at radius 1 is 0.480 bits per heavy atom. The summed E-state index contributed by atoms with van der Waals surface area (Å²) in [5.74, 6) is -6.30. The quantitative estimate of drug-likeness (QED) is 0.0374. The van der Waals surface area contributed by atoms with Crippen LogP contribution in [-0.2, 0) is 57.6 Å². The third kappa shape index (κ3) is 23.6. The van der Waals surface area contributed by atoms with E-state index in [0.717, 1.165) is 0 Å². The molecule has 0 unspecified atom stereocenters. The van der Waals surface area contributed by atoms with Gasteiger partial charge in [-0.25, -0.2) is 9.78 Å². The van der Waals surface area contributed by atoms with E-state index in [0.29, 0.717) is 62.0 Å². The number of nitrogens with one attached hydrogen (secondary N) is 8. The van der Waals surface area contributed by atoms with Crippen LogP contribution in [-0.4, -0.2) is 124 Å². The molecule has 3 aromatic rings. The molecule has 8 atom stereocenters. The fourth-order valence-corrected chi connectivity index (χ4v) is 8.36. The number of H-pyrrole nitrogens is 1. The van der Waals surface area contributed by atoms with Crippen LogP contribution < -0.4 is 54.4 Å². The molecule has 21 heteroatoms. The predicted octanol–water partition coefficient (Wildman–Crippen LogP) is 1.64. The molecule has 0 aliphatic heterocycles. The monoisotopic (exact) mass is 1040 g/mol. The number of rotatable bonds is 35. The number of amides is 7. The van der Waals surface area contributed by atoms with Gasteiger partial charge >= 0.3 is 5.97 Å². The second-order valence-corrected chi connectivity index (χ2v) is 20.5. The molecule has 2 aromatic carbocycles. The maximum absolute atomic E-state index is 14.6. The minimum atomic E-state index is -1.28. The lowest BCUT2D eigenvalue weighted by Crippen LogP contribution is -2.61. The van der Waals surface area contributed by atoms with Gasteiger partial charge in [0.1, 0.15) is 42.3 Å². The number of carbonyl (C=O) groups excluding carboxylic acids is 7. The first-order valence-electron chi connectivity index (χ1n) is 26.3. The van der Waals surface area contributed by atoms with Crippen molar-refractivity contribution in [1.29, 1.82) is 0 Å². The van der Waals surface area contributed by atoms with E-state index in [1.807, 2.05) is 41.5 Å². The van der Waals surface area contributed by atoms with Gasteiger partial charge in [-0.1, -0.05) is 109 Å². The Balaban J connectivity index is 1.93. The van der Waals surface area contributed by atoms with Gasteiger partial charge in [-0.3, -0.25) is 33.6 Å². The van der Waals surface area contributed by atoms with Crippen molar-refractivity contribution in [1.82, 2.24) is 47.2 Å².